The minimum atomic E-state index is -0.297. The number of hydrogen-bond donors (Lipinski definition) is 4. The monoisotopic (exact) mass is 385 g/mol. The van der Waals surface area contributed by atoms with Gasteiger partial charge in [0.15, 0.2) is 11.6 Å². The van der Waals surface area contributed by atoms with E-state index in [0.29, 0.717) is 17.2 Å². The van der Waals surface area contributed by atoms with E-state index in [9.17, 15) is 4.79 Å². The molecule has 4 aromatic rings. The van der Waals surface area contributed by atoms with Gasteiger partial charge in [0.25, 0.3) is 5.91 Å². The molecule has 0 unspecified atom stereocenters. The van der Waals surface area contributed by atoms with E-state index in [1.54, 1.807) is 12.3 Å². The van der Waals surface area contributed by atoms with Crippen LogP contribution in [-0.2, 0) is 0 Å². The molecule has 29 heavy (non-hydrogen) atoms. The number of anilines is 4. The molecule has 0 spiro atoms. The van der Waals surface area contributed by atoms with E-state index in [1.807, 2.05) is 55.5 Å². The van der Waals surface area contributed by atoms with Crippen LogP contribution in [0.5, 0.6) is 0 Å². The fourth-order valence-corrected chi connectivity index (χ4v) is 2.93. The van der Waals surface area contributed by atoms with Gasteiger partial charge in [-0.15, -0.1) is 0 Å². The molecule has 0 bridgehead atoms. The highest BCUT2D eigenvalue weighted by Gasteiger charge is 2.12. The van der Waals surface area contributed by atoms with Gasteiger partial charge in [-0.3, -0.25) is 15.6 Å². The Bertz CT molecular complexity index is 1190. The Morgan fingerprint density at radius 1 is 0.966 bits per heavy atom. The summed E-state index contributed by atoms with van der Waals surface area (Å²) < 4.78 is 0. The van der Waals surface area contributed by atoms with E-state index in [-0.39, 0.29) is 17.4 Å². The summed E-state index contributed by atoms with van der Waals surface area (Å²) in [7, 11) is 0. The average molecular weight is 385 g/mol. The van der Waals surface area contributed by atoms with Crippen molar-refractivity contribution in [3.63, 3.8) is 0 Å². The third kappa shape index (κ3) is 3.91. The second kappa shape index (κ2) is 7.81. The normalized spacial score (nSPS) is 10.5. The minimum absolute atomic E-state index is 0.258. The molecule has 0 aliphatic heterocycles. The molecule has 8 nitrogen and oxygen atoms in total. The van der Waals surface area contributed by atoms with E-state index < -0.39 is 0 Å². The fourth-order valence-electron chi connectivity index (χ4n) is 2.93. The molecule has 0 saturated heterocycles. The van der Waals surface area contributed by atoms with Crippen molar-refractivity contribution in [2.24, 2.45) is 0 Å². The summed E-state index contributed by atoms with van der Waals surface area (Å²) >= 11 is 0. The molecule has 0 aliphatic rings. The lowest BCUT2D eigenvalue weighted by Gasteiger charge is -2.13. The number of hydrogen-bond acceptors (Lipinski definition) is 7. The highest BCUT2D eigenvalue weighted by atomic mass is 16.2. The number of nitrogens with one attached hydrogen (secondary N) is 3. The van der Waals surface area contributed by atoms with Gasteiger partial charge in [-0.1, -0.05) is 36.4 Å². The molecule has 144 valence electrons. The van der Waals surface area contributed by atoms with Gasteiger partial charge in [0.1, 0.15) is 17.8 Å². The molecule has 2 aromatic heterocycles. The van der Waals surface area contributed by atoms with Crippen LogP contribution < -0.4 is 21.9 Å². The lowest BCUT2D eigenvalue weighted by atomic mass is 10.0. The van der Waals surface area contributed by atoms with Crippen LogP contribution in [0.2, 0.25) is 0 Å². The summed E-state index contributed by atoms with van der Waals surface area (Å²) in [5, 5.41) is 4.90. The molecule has 1 amide bonds. The highest BCUT2D eigenvalue weighted by Crippen LogP contribution is 2.25. The van der Waals surface area contributed by atoms with Crippen LogP contribution in [0.4, 0.5) is 23.1 Å². The second-order valence-electron chi connectivity index (χ2n) is 6.43. The Labute approximate surface area is 167 Å². The van der Waals surface area contributed by atoms with E-state index in [0.717, 1.165) is 16.3 Å². The number of aromatic nitrogens is 3. The third-order valence-electron chi connectivity index (χ3n) is 4.37. The van der Waals surface area contributed by atoms with Gasteiger partial charge in [-0.05, 0) is 41.5 Å². The number of fused-ring (bicyclic) bond motifs is 1. The summed E-state index contributed by atoms with van der Waals surface area (Å²) in [5.74, 6) is 0.986. The number of carbonyl (C=O) groups excluding carboxylic acids is 1. The average Bonchev–Trinajstić information content (AvgIpc) is 2.74. The maximum absolute atomic E-state index is 12.7. The van der Waals surface area contributed by atoms with Gasteiger partial charge in [-0.25, -0.2) is 15.0 Å². The van der Waals surface area contributed by atoms with Crippen LogP contribution in [0.25, 0.3) is 10.8 Å². The van der Waals surface area contributed by atoms with Crippen molar-refractivity contribution in [2.45, 2.75) is 6.92 Å². The molecular weight excluding hydrogens is 366 g/mol. The van der Waals surface area contributed by atoms with Crippen LogP contribution in [-0.4, -0.2) is 20.9 Å². The molecule has 2 aromatic carbocycles. The Hall–Kier alpha value is -4.20. The van der Waals surface area contributed by atoms with Gasteiger partial charge < -0.3 is 11.1 Å². The maximum Gasteiger partial charge on any atom is 0.270 e. The molecule has 2 heterocycles. The number of nitrogen functional groups attached to an aromatic ring is 1. The van der Waals surface area contributed by atoms with E-state index in [2.05, 4.69) is 31.1 Å². The largest absolute Gasteiger partial charge is 0.393 e. The minimum Gasteiger partial charge on any atom is -0.393 e. The summed E-state index contributed by atoms with van der Waals surface area (Å²) in [6, 6.07) is 17.0. The van der Waals surface area contributed by atoms with Crippen LogP contribution in [0.15, 0.2) is 67.1 Å². The van der Waals surface area contributed by atoms with Crippen molar-refractivity contribution in [1.29, 1.82) is 0 Å². The van der Waals surface area contributed by atoms with Crippen LogP contribution in [0.1, 0.15) is 15.9 Å². The SMILES string of the molecule is Cc1ccnc(Nc2ncnc(NNC(=O)c3cccc4ccccc34)c2N)c1. The van der Waals surface area contributed by atoms with Crippen molar-refractivity contribution in [1.82, 2.24) is 20.4 Å². The number of amides is 1. The summed E-state index contributed by atoms with van der Waals surface area (Å²) in [5.41, 5.74) is 13.4. The Kier molecular flexibility index (Phi) is 4.90. The van der Waals surface area contributed by atoms with Gasteiger partial charge >= 0.3 is 0 Å². The van der Waals surface area contributed by atoms with Gasteiger partial charge in [0.05, 0.1) is 0 Å². The zero-order valence-corrected chi connectivity index (χ0v) is 15.7. The first-order chi connectivity index (χ1) is 14.1. The summed E-state index contributed by atoms with van der Waals surface area (Å²) in [6.07, 6.45) is 3.04. The number of aryl methyl sites for hydroxylation is 1. The van der Waals surface area contributed by atoms with Crippen molar-refractivity contribution < 1.29 is 4.79 Å². The molecular formula is C21H19N7O. The van der Waals surface area contributed by atoms with Gasteiger partial charge in [0.2, 0.25) is 0 Å². The van der Waals surface area contributed by atoms with Crippen LogP contribution in [0.3, 0.4) is 0 Å². The molecule has 0 fully saturated rings. The Morgan fingerprint density at radius 2 is 1.76 bits per heavy atom. The third-order valence-corrected chi connectivity index (χ3v) is 4.37. The number of rotatable bonds is 5. The number of nitrogens with zero attached hydrogens (tertiary/aromatic N) is 3. The first-order valence-electron chi connectivity index (χ1n) is 8.96. The van der Waals surface area contributed by atoms with Crippen LogP contribution >= 0.6 is 0 Å². The zero-order valence-electron chi connectivity index (χ0n) is 15.7. The van der Waals surface area contributed by atoms with Crippen molar-refractivity contribution in [2.75, 3.05) is 16.5 Å². The van der Waals surface area contributed by atoms with Crippen LogP contribution in [0, 0.1) is 6.92 Å². The topological polar surface area (TPSA) is 118 Å². The van der Waals surface area contributed by atoms with E-state index in [1.165, 1.54) is 6.33 Å². The first kappa shape index (κ1) is 18.2. The van der Waals surface area contributed by atoms with Crippen molar-refractivity contribution >= 4 is 39.8 Å². The van der Waals surface area contributed by atoms with Gasteiger partial charge in [0, 0.05) is 11.8 Å². The highest BCUT2D eigenvalue weighted by molar-refractivity contribution is 6.07. The lowest BCUT2D eigenvalue weighted by Crippen LogP contribution is -2.30. The number of hydrazine groups is 1. The van der Waals surface area contributed by atoms with E-state index >= 15 is 0 Å². The molecule has 0 atom stereocenters. The smallest absolute Gasteiger partial charge is 0.270 e. The lowest BCUT2D eigenvalue weighted by molar-refractivity contribution is 0.0964. The number of pyridine rings is 1. The summed E-state index contributed by atoms with van der Waals surface area (Å²) in [6.45, 7) is 1.96. The number of benzene rings is 2. The predicted octanol–water partition coefficient (Wildman–Crippen LogP) is 3.42. The second-order valence-corrected chi connectivity index (χ2v) is 6.43. The molecule has 8 heteroatoms. The number of carbonyl (C=O) groups is 1. The van der Waals surface area contributed by atoms with Crippen molar-refractivity contribution in [3.05, 3.63) is 78.2 Å². The zero-order chi connectivity index (χ0) is 20.2. The molecule has 0 aliphatic carbocycles. The number of nitrogens with two attached hydrogens (primary N) is 1. The molecule has 0 saturated carbocycles. The molecule has 4 rings (SSSR count). The van der Waals surface area contributed by atoms with E-state index in [4.69, 9.17) is 5.73 Å². The Morgan fingerprint density at radius 3 is 2.62 bits per heavy atom. The quantitative estimate of drug-likeness (QED) is 0.389. The Balaban J connectivity index is 1.52. The standard InChI is InChI=1S/C21H19N7O/c1-13-9-10-23-17(11-13)26-19-18(22)20(25-12-24-19)27-28-21(29)16-8-4-6-14-5-2-3-7-15(14)16/h2-12H,22H2,1H3,(H,28,29)(H2,23,24,25,26,27). The maximum atomic E-state index is 12.7. The molecule has 5 N–H and O–H groups in total. The predicted molar refractivity (Wildman–Crippen MR) is 114 cm³/mol. The molecule has 0 radical (unpaired) electrons. The van der Waals surface area contributed by atoms with Crippen molar-refractivity contribution in [3.8, 4) is 0 Å². The van der Waals surface area contributed by atoms with Gasteiger partial charge in [-0.2, -0.15) is 0 Å². The fraction of sp³-hybridized carbons (Fsp3) is 0.0476. The summed E-state index contributed by atoms with van der Waals surface area (Å²) in [4.78, 5) is 25.2. The first-order valence-corrected chi connectivity index (χ1v) is 8.96.